The third-order valence-corrected chi connectivity index (χ3v) is 3.88. The summed E-state index contributed by atoms with van der Waals surface area (Å²) in [6.07, 6.45) is 0.631. The van der Waals surface area contributed by atoms with Crippen LogP contribution in [0.25, 0.3) is 0 Å². The molecule has 1 heterocycles. The number of hydrogen-bond donors (Lipinski definition) is 2. The van der Waals surface area contributed by atoms with Crippen LogP contribution in [-0.4, -0.2) is 38.8 Å². The second kappa shape index (κ2) is 8.37. The van der Waals surface area contributed by atoms with E-state index in [0.29, 0.717) is 25.7 Å². The number of halogens is 1. The molecule has 5 nitrogen and oxygen atoms in total. The third-order valence-electron chi connectivity index (χ3n) is 3.88. The molecule has 1 unspecified atom stereocenters. The Balaban J connectivity index is 1.42. The van der Waals surface area contributed by atoms with Gasteiger partial charge < -0.3 is 20.1 Å². The van der Waals surface area contributed by atoms with Gasteiger partial charge in [0.25, 0.3) is 0 Å². The van der Waals surface area contributed by atoms with Gasteiger partial charge in [0, 0.05) is 13.6 Å². The molecule has 0 radical (unpaired) electrons. The normalized spacial score (nSPS) is 16.4. The van der Waals surface area contributed by atoms with E-state index in [9.17, 15) is 4.39 Å². The molecule has 0 amide bonds. The molecule has 25 heavy (non-hydrogen) atoms. The molecular weight excluding hydrogens is 321 g/mol. The zero-order valence-corrected chi connectivity index (χ0v) is 14.2. The Kier molecular flexibility index (Phi) is 5.72. The van der Waals surface area contributed by atoms with E-state index in [1.54, 1.807) is 19.2 Å². The highest BCUT2D eigenvalue weighted by atomic mass is 19.1. The van der Waals surface area contributed by atoms with Crippen LogP contribution in [0, 0.1) is 5.82 Å². The van der Waals surface area contributed by atoms with E-state index in [4.69, 9.17) is 9.47 Å². The third kappa shape index (κ3) is 4.86. The first-order chi connectivity index (χ1) is 12.2. The minimum absolute atomic E-state index is 0.0864. The van der Waals surface area contributed by atoms with Crippen LogP contribution in [0.15, 0.2) is 53.5 Å². The lowest BCUT2D eigenvalue weighted by Crippen LogP contribution is -2.45. The van der Waals surface area contributed by atoms with Crippen LogP contribution >= 0.6 is 0 Å². The quantitative estimate of drug-likeness (QED) is 0.646. The van der Waals surface area contributed by atoms with Crippen molar-refractivity contribution >= 4 is 5.96 Å². The SMILES string of the molecule is CN=C(NCCc1cccc(F)c1)NCC1COc2ccccc2O1. The average molecular weight is 343 g/mol. The van der Waals surface area contributed by atoms with E-state index in [0.717, 1.165) is 23.5 Å². The summed E-state index contributed by atoms with van der Waals surface area (Å²) in [5.74, 6) is 2.00. The van der Waals surface area contributed by atoms with Crippen LogP contribution in [0.2, 0.25) is 0 Å². The molecule has 3 rings (SSSR count). The summed E-state index contributed by atoms with van der Waals surface area (Å²) in [5, 5.41) is 6.44. The van der Waals surface area contributed by atoms with Gasteiger partial charge in [0.2, 0.25) is 0 Å². The largest absolute Gasteiger partial charge is 0.486 e. The predicted octanol–water partition coefficient (Wildman–Crippen LogP) is 2.37. The van der Waals surface area contributed by atoms with Gasteiger partial charge in [0.1, 0.15) is 18.5 Å². The molecule has 0 saturated heterocycles. The predicted molar refractivity (Wildman–Crippen MR) is 95.8 cm³/mol. The molecule has 0 fully saturated rings. The Labute approximate surface area is 146 Å². The van der Waals surface area contributed by atoms with Crippen molar-refractivity contribution in [3.05, 3.63) is 59.9 Å². The molecule has 132 valence electrons. The molecule has 2 aromatic carbocycles. The number of fused-ring (bicyclic) bond motifs is 1. The van der Waals surface area contributed by atoms with Gasteiger partial charge in [-0.2, -0.15) is 0 Å². The van der Waals surface area contributed by atoms with Crippen LogP contribution in [0.1, 0.15) is 5.56 Å². The molecule has 1 aliphatic heterocycles. The Bertz CT molecular complexity index is 736. The highest BCUT2D eigenvalue weighted by Crippen LogP contribution is 2.30. The fraction of sp³-hybridized carbons (Fsp3) is 0.316. The standard InChI is InChI=1S/C19H22FN3O2/c1-21-19(22-10-9-14-5-4-6-15(20)11-14)23-12-16-13-24-17-7-2-3-8-18(17)25-16/h2-8,11,16H,9-10,12-13H2,1H3,(H2,21,22,23). The summed E-state index contributed by atoms with van der Waals surface area (Å²) in [6.45, 7) is 1.73. The molecule has 0 spiro atoms. The molecule has 0 aliphatic carbocycles. The van der Waals surface area contributed by atoms with E-state index in [2.05, 4.69) is 15.6 Å². The first-order valence-electron chi connectivity index (χ1n) is 8.32. The molecule has 0 saturated carbocycles. The second-order valence-corrected chi connectivity index (χ2v) is 5.76. The molecule has 6 heteroatoms. The lowest BCUT2D eigenvalue weighted by atomic mass is 10.1. The van der Waals surface area contributed by atoms with Crippen LogP contribution in [0.5, 0.6) is 11.5 Å². The van der Waals surface area contributed by atoms with Gasteiger partial charge in [0.05, 0.1) is 6.54 Å². The van der Waals surface area contributed by atoms with Crippen molar-refractivity contribution in [3.63, 3.8) is 0 Å². The Hall–Kier alpha value is -2.76. The summed E-state index contributed by atoms with van der Waals surface area (Å²) >= 11 is 0. The summed E-state index contributed by atoms with van der Waals surface area (Å²) < 4.78 is 24.8. The van der Waals surface area contributed by atoms with Gasteiger partial charge in [-0.05, 0) is 36.2 Å². The van der Waals surface area contributed by atoms with Crippen molar-refractivity contribution in [1.82, 2.24) is 10.6 Å². The number of aliphatic imine (C=N–C) groups is 1. The molecule has 0 bridgehead atoms. The van der Waals surface area contributed by atoms with E-state index in [1.807, 2.05) is 30.3 Å². The molecule has 2 N–H and O–H groups in total. The fourth-order valence-electron chi connectivity index (χ4n) is 2.61. The van der Waals surface area contributed by atoms with Crippen LogP contribution in [-0.2, 0) is 6.42 Å². The number of hydrogen-bond acceptors (Lipinski definition) is 3. The summed E-state index contributed by atoms with van der Waals surface area (Å²) in [4.78, 5) is 4.19. The molecule has 1 atom stereocenters. The maximum atomic E-state index is 13.2. The topological polar surface area (TPSA) is 54.9 Å². The maximum absolute atomic E-state index is 13.2. The van der Waals surface area contributed by atoms with Gasteiger partial charge in [-0.25, -0.2) is 4.39 Å². The van der Waals surface area contributed by atoms with E-state index >= 15 is 0 Å². The number of ether oxygens (including phenoxy) is 2. The number of nitrogens with zero attached hydrogens (tertiary/aromatic N) is 1. The first kappa shape index (κ1) is 17.1. The van der Waals surface area contributed by atoms with Crippen LogP contribution in [0.3, 0.4) is 0 Å². The van der Waals surface area contributed by atoms with E-state index < -0.39 is 0 Å². The van der Waals surface area contributed by atoms with Crippen LogP contribution < -0.4 is 20.1 Å². The Morgan fingerprint density at radius 1 is 1.16 bits per heavy atom. The van der Waals surface area contributed by atoms with Gasteiger partial charge >= 0.3 is 0 Å². The van der Waals surface area contributed by atoms with Gasteiger partial charge in [-0.1, -0.05) is 24.3 Å². The van der Waals surface area contributed by atoms with E-state index in [1.165, 1.54) is 6.07 Å². The summed E-state index contributed by atoms with van der Waals surface area (Å²) in [5.41, 5.74) is 0.948. The highest BCUT2D eigenvalue weighted by Gasteiger charge is 2.20. The zero-order chi connectivity index (χ0) is 17.5. The van der Waals surface area contributed by atoms with E-state index in [-0.39, 0.29) is 11.9 Å². The first-order valence-corrected chi connectivity index (χ1v) is 8.32. The summed E-state index contributed by atoms with van der Waals surface area (Å²) in [6, 6.07) is 14.3. The zero-order valence-electron chi connectivity index (χ0n) is 14.2. The van der Waals surface area contributed by atoms with Crippen LogP contribution in [0.4, 0.5) is 4.39 Å². The lowest BCUT2D eigenvalue weighted by molar-refractivity contribution is 0.0936. The molecule has 2 aromatic rings. The van der Waals surface area contributed by atoms with Crippen molar-refractivity contribution in [2.45, 2.75) is 12.5 Å². The number of guanidine groups is 1. The van der Waals surface area contributed by atoms with Gasteiger partial charge in [-0.15, -0.1) is 0 Å². The van der Waals surface area contributed by atoms with Crippen molar-refractivity contribution in [3.8, 4) is 11.5 Å². The van der Waals surface area contributed by atoms with Crippen molar-refractivity contribution in [2.24, 2.45) is 4.99 Å². The molecular formula is C19H22FN3O2. The monoisotopic (exact) mass is 343 g/mol. The molecule has 0 aromatic heterocycles. The Morgan fingerprint density at radius 2 is 2.00 bits per heavy atom. The number of nitrogens with one attached hydrogen (secondary N) is 2. The number of para-hydroxylation sites is 2. The maximum Gasteiger partial charge on any atom is 0.191 e. The van der Waals surface area contributed by atoms with Gasteiger partial charge in [0.15, 0.2) is 17.5 Å². The number of benzene rings is 2. The Morgan fingerprint density at radius 3 is 2.80 bits per heavy atom. The van der Waals surface area contributed by atoms with Crippen molar-refractivity contribution < 1.29 is 13.9 Å². The van der Waals surface area contributed by atoms with Crippen molar-refractivity contribution in [1.29, 1.82) is 0 Å². The summed E-state index contributed by atoms with van der Waals surface area (Å²) in [7, 11) is 1.71. The average Bonchev–Trinajstić information content (AvgIpc) is 2.64. The number of rotatable bonds is 5. The highest BCUT2D eigenvalue weighted by molar-refractivity contribution is 5.79. The molecule has 1 aliphatic rings. The minimum atomic E-state index is -0.213. The van der Waals surface area contributed by atoms with Gasteiger partial charge in [-0.3, -0.25) is 4.99 Å². The fourth-order valence-corrected chi connectivity index (χ4v) is 2.61. The smallest absolute Gasteiger partial charge is 0.191 e. The minimum Gasteiger partial charge on any atom is -0.486 e. The van der Waals surface area contributed by atoms with Crippen molar-refractivity contribution in [2.75, 3.05) is 26.7 Å². The second-order valence-electron chi connectivity index (χ2n) is 5.76. The lowest BCUT2D eigenvalue weighted by Gasteiger charge is -2.27.